The summed E-state index contributed by atoms with van der Waals surface area (Å²) in [7, 11) is 0. The standard InChI is InChI=1S/C17H16N6O2/c1-12-3-2-4-13(7-12)17(25)20-9-16(24)22-14-5-6-15(19-8-14)23-11-18-10-21-23/h2-8,10-11H,9H2,1H3,(H,20,25)(H,22,24). The molecule has 0 fully saturated rings. The van der Waals surface area contributed by atoms with Crippen LogP contribution >= 0.6 is 0 Å². The zero-order chi connectivity index (χ0) is 17.6. The van der Waals surface area contributed by atoms with Gasteiger partial charge in [0, 0.05) is 5.56 Å². The Hall–Kier alpha value is -3.55. The first-order valence-electron chi connectivity index (χ1n) is 7.57. The largest absolute Gasteiger partial charge is 0.343 e. The summed E-state index contributed by atoms with van der Waals surface area (Å²) < 4.78 is 1.51. The predicted octanol–water partition coefficient (Wildman–Crippen LogP) is 1.34. The Balaban J connectivity index is 1.53. The Morgan fingerprint density at radius 3 is 2.76 bits per heavy atom. The molecular formula is C17H16N6O2. The van der Waals surface area contributed by atoms with Crippen molar-refractivity contribution in [3.05, 3.63) is 66.4 Å². The van der Waals surface area contributed by atoms with Crippen molar-refractivity contribution in [3.63, 3.8) is 0 Å². The van der Waals surface area contributed by atoms with Crippen molar-refractivity contribution >= 4 is 17.5 Å². The molecule has 0 bridgehead atoms. The highest BCUT2D eigenvalue weighted by Crippen LogP contribution is 2.08. The number of anilines is 1. The van der Waals surface area contributed by atoms with E-state index in [1.165, 1.54) is 23.5 Å². The number of rotatable bonds is 5. The van der Waals surface area contributed by atoms with Crippen LogP contribution in [0.25, 0.3) is 5.82 Å². The van der Waals surface area contributed by atoms with Crippen LogP contribution in [0.3, 0.4) is 0 Å². The molecule has 8 heteroatoms. The molecule has 0 aliphatic heterocycles. The average Bonchev–Trinajstić information content (AvgIpc) is 3.15. The number of carbonyl (C=O) groups is 2. The monoisotopic (exact) mass is 336 g/mol. The summed E-state index contributed by atoms with van der Waals surface area (Å²) in [5.74, 6) is -0.0435. The van der Waals surface area contributed by atoms with E-state index in [0.717, 1.165) is 5.56 Å². The minimum Gasteiger partial charge on any atom is -0.343 e. The van der Waals surface area contributed by atoms with Crippen molar-refractivity contribution in [2.24, 2.45) is 0 Å². The summed E-state index contributed by atoms with van der Waals surface area (Å²) >= 11 is 0. The number of benzene rings is 1. The highest BCUT2D eigenvalue weighted by molar-refractivity contribution is 5.99. The quantitative estimate of drug-likeness (QED) is 0.732. The lowest BCUT2D eigenvalue weighted by molar-refractivity contribution is -0.115. The van der Waals surface area contributed by atoms with Crippen LogP contribution in [0.4, 0.5) is 5.69 Å². The molecule has 126 valence electrons. The number of amides is 2. The molecule has 3 aromatic rings. The van der Waals surface area contributed by atoms with Gasteiger partial charge < -0.3 is 10.6 Å². The maximum Gasteiger partial charge on any atom is 0.251 e. The molecule has 2 heterocycles. The van der Waals surface area contributed by atoms with Gasteiger partial charge in [0.25, 0.3) is 5.91 Å². The third kappa shape index (κ3) is 4.25. The molecule has 0 aliphatic carbocycles. The lowest BCUT2D eigenvalue weighted by Gasteiger charge is -2.08. The van der Waals surface area contributed by atoms with E-state index in [2.05, 4.69) is 25.7 Å². The molecule has 0 radical (unpaired) electrons. The maximum atomic E-state index is 12.0. The Bertz CT molecular complexity index is 874. The van der Waals surface area contributed by atoms with Crippen molar-refractivity contribution in [1.29, 1.82) is 0 Å². The first-order valence-corrected chi connectivity index (χ1v) is 7.57. The number of hydrogen-bond acceptors (Lipinski definition) is 5. The fourth-order valence-corrected chi connectivity index (χ4v) is 2.18. The minimum absolute atomic E-state index is 0.127. The summed E-state index contributed by atoms with van der Waals surface area (Å²) in [6, 6.07) is 10.6. The maximum absolute atomic E-state index is 12.0. The van der Waals surface area contributed by atoms with E-state index < -0.39 is 0 Å². The van der Waals surface area contributed by atoms with E-state index in [0.29, 0.717) is 17.1 Å². The van der Waals surface area contributed by atoms with E-state index in [1.807, 2.05) is 13.0 Å². The highest BCUT2D eigenvalue weighted by Gasteiger charge is 2.09. The molecule has 2 aromatic heterocycles. The molecule has 2 amide bonds. The number of nitrogens with one attached hydrogen (secondary N) is 2. The lowest BCUT2D eigenvalue weighted by Crippen LogP contribution is -2.32. The van der Waals surface area contributed by atoms with Gasteiger partial charge in [0.1, 0.15) is 12.7 Å². The van der Waals surface area contributed by atoms with Gasteiger partial charge in [-0.05, 0) is 31.2 Å². The average molecular weight is 336 g/mol. The molecule has 8 nitrogen and oxygen atoms in total. The van der Waals surface area contributed by atoms with E-state index in [-0.39, 0.29) is 18.4 Å². The zero-order valence-corrected chi connectivity index (χ0v) is 13.5. The second kappa shape index (κ2) is 7.35. The van der Waals surface area contributed by atoms with E-state index in [9.17, 15) is 9.59 Å². The normalized spacial score (nSPS) is 10.3. The molecule has 0 aliphatic rings. The highest BCUT2D eigenvalue weighted by atomic mass is 16.2. The van der Waals surface area contributed by atoms with Gasteiger partial charge in [0.15, 0.2) is 5.82 Å². The second-order valence-electron chi connectivity index (χ2n) is 5.35. The Kier molecular flexibility index (Phi) is 4.79. The molecule has 3 rings (SSSR count). The van der Waals surface area contributed by atoms with Crippen molar-refractivity contribution in [1.82, 2.24) is 25.1 Å². The van der Waals surface area contributed by atoms with Crippen LogP contribution in [0.1, 0.15) is 15.9 Å². The van der Waals surface area contributed by atoms with Gasteiger partial charge in [-0.25, -0.2) is 14.6 Å². The first-order chi connectivity index (χ1) is 12.1. The lowest BCUT2D eigenvalue weighted by atomic mass is 10.1. The number of hydrogen-bond donors (Lipinski definition) is 2. The molecule has 0 saturated heterocycles. The van der Waals surface area contributed by atoms with Crippen molar-refractivity contribution in [2.45, 2.75) is 6.92 Å². The van der Waals surface area contributed by atoms with E-state index in [4.69, 9.17) is 0 Å². The number of aromatic nitrogens is 4. The number of carbonyl (C=O) groups excluding carboxylic acids is 2. The molecule has 0 unspecified atom stereocenters. The molecule has 0 spiro atoms. The van der Waals surface area contributed by atoms with Crippen molar-refractivity contribution < 1.29 is 9.59 Å². The van der Waals surface area contributed by atoms with Crippen molar-refractivity contribution in [3.8, 4) is 5.82 Å². The van der Waals surface area contributed by atoms with Gasteiger partial charge in [-0.15, -0.1) is 0 Å². The SMILES string of the molecule is Cc1cccc(C(=O)NCC(=O)Nc2ccc(-n3cncn3)nc2)c1. The van der Waals surface area contributed by atoms with Gasteiger partial charge in [-0.2, -0.15) is 5.10 Å². The third-order valence-electron chi connectivity index (χ3n) is 3.37. The van der Waals surface area contributed by atoms with Gasteiger partial charge in [-0.3, -0.25) is 9.59 Å². The van der Waals surface area contributed by atoms with Gasteiger partial charge >= 0.3 is 0 Å². The van der Waals surface area contributed by atoms with Crippen LogP contribution in [0.15, 0.2) is 55.2 Å². The van der Waals surface area contributed by atoms with Gasteiger partial charge in [0.2, 0.25) is 5.91 Å². The summed E-state index contributed by atoms with van der Waals surface area (Å²) in [4.78, 5) is 32.0. The van der Waals surface area contributed by atoms with Gasteiger partial charge in [-0.1, -0.05) is 17.7 Å². The van der Waals surface area contributed by atoms with Gasteiger partial charge in [0.05, 0.1) is 18.4 Å². The number of aryl methyl sites for hydroxylation is 1. The number of nitrogens with zero attached hydrogens (tertiary/aromatic N) is 4. The Labute approximate surface area is 143 Å². The predicted molar refractivity (Wildman–Crippen MR) is 91.3 cm³/mol. The third-order valence-corrected chi connectivity index (χ3v) is 3.37. The molecule has 0 saturated carbocycles. The summed E-state index contributed by atoms with van der Waals surface area (Å²) in [6.07, 6.45) is 4.45. The molecular weight excluding hydrogens is 320 g/mol. The molecule has 0 atom stereocenters. The molecule has 25 heavy (non-hydrogen) atoms. The Morgan fingerprint density at radius 2 is 2.08 bits per heavy atom. The van der Waals surface area contributed by atoms with Crippen LogP contribution in [0, 0.1) is 6.92 Å². The molecule has 2 N–H and O–H groups in total. The topological polar surface area (TPSA) is 102 Å². The van der Waals surface area contributed by atoms with E-state index >= 15 is 0 Å². The smallest absolute Gasteiger partial charge is 0.251 e. The fraction of sp³-hybridized carbons (Fsp3) is 0.118. The first kappa shape index (κ1) is 16.3. The minimum atomic E-state index is -0.337. The van der Waals surface area contributed by atoms with Crippen LogP contribution in [0.5, 0.6) is 0 Å². The van der Waals surface area contributed by atoms with Crippen molar-refractivity contribution in [2.75, 3.05) is 11.9 Å². The number of pyridine rings is 1. The van der Waals surface area contributed by atoms with Crippen LogP contribution in [-0.2, 0) is 4.79 Å². The van der Waals surface area contributed by atoms with Crippen LogP contribution < -0.4 is 10.6 Å². The second-order valence-corrected chi connectivity index (χ2v) is 5.35. The Morgan fingerprint density at radius 1 is 1.20 bits per heavy atom. The zero-order valence-electron chi connectivity index (χ0n) is 13.5. The summed E-state index contributed by atoms with van der Waals surface area (Å²) in [5.41, 5.74) is 2.03. The summed E-state index contributed by atoms with van der Waals surface area (Å²) in [5, 5.41) is 9.23. The molecule has 1 aromatic carbocycles. The van der Waals surface area contributed by atoms with Crippen LogP contribution in [-0.4, -0.2) is 38.1 Å². The van der Waals surface area contributed by atoms with E-state index in [1.54, 1.807) is 30.3 Å². The van der Waals surface area contributed by atoms with Crippen LogP contribution in [0.2, 0.25) is 0 Å². The fourth-order valence-electron chi connectivity index (χ4n) is 2.18. The summed E-state index contributed by atoms with van der Waals surface area (Å²) in [6.45, 7) is 1.77.